The van der Waals surface area contributed by atoms with Crippen LogP contribution in [-0.4, -0.2) is 37.2 Å². The number of rotatable bonds is 45. The molecule has 6 nitrogen and oxygen atoms in total. The Kier molecular flexibility index (Phi) is 46.4. The van der Waals surface area contributed by atoms with Crippen molar-refractivity contribution in [1.29, 1.82) is 0 Å². The predicted octanol–water partition coefficient (Wildman–Crippen LogP) is 16.5. The number of unbranched alkanes of at least 4 members (excludes halogenated alkanes) is 25. The first-order valence-electron chi connectivity index (χ1n) is 25.3. The van der Waals surface area contributed by atoms with Crippen LogP contribution in [0.25, 0.3) is 0 Å². The number of carbonyl (C=O) groups excluding carboxylic acids is 3. The minimum atomic E-state index is -0.791. The molecular formula is C54H94O6. The molecule has 0 fully saturated rings. The molecule has 0 aromatic rings. The molecule has 6 heteroatoms. The predicted molar refractivity (Wildman–Crippen MR) is 256 cm³/mol. The maximum atomic E-state index is 12.8. The van der Waals surface area contributed by atoms with E-state index in [1.165, 1.54) is 122 Å². The normalized spacial score (nSPS) is 12.5. The summed E-state index contributed by atoms with van der Waals surface area (Å²) in [6, 6.07) is 0. The van der Waals surface area contributed by atoms with Gasteiger partial charge in [-0.15, -0.1) is 0 Å². The van der Waals surface area contributed by atoms with Crippen molar-refractivity contribution >= 4 is 17.9 Å². The van der Waals surface area contributed by atoms with Gasteiger partial charge in [-0.1, -0.05) is 210 Å². The number of esters is 3. The molecule has 0 saturated carbocycles. The fourth-order valence-corrected chi connectivity index (χ4v) is 6.98. The molecule has 1 atom stereocenters. The standard InChI is InChI=1S/C54H94O6/c1-4-7-10-13-16-19-22-25-27-29-32-35-38-41-44-47-53(56)59-50-51(49-58-52(55)46-43-40-37-34-31-24-21-18-15-12-9-6-3)60-54(57)48-45-42-39-36-33-30-28-26-23-20-17-14-11-8-5-2/h9,12,16,18-19,21-22,25,31,34,51H,4-8,10-11,13-15,17,20,23-24,26-30,32-33,35-50H2,1-3H3/b12-9-,19-16-,21-18-,25-22-,34-31-. The molecule has 1 unspecified atom stereocenters. The lowest BCUT2D eigenvalue weighted by Gasteiger charge is -2.18. The fraction of sp³-hybridized carbons (Fsp3) is 0.759. The Balaban J connectivity index is 4.42. The lowest BCUT2D eigenvalue weighted by molar-refractivity contribution is -0.167. The molecule has 0 aliphatic carbocycles. The van der Waals surface area contributed by atoms with Crippen LogP contribution in [0.3, 0.4) is 0 Å². The van der Waals surface area contributed by atoms with Crippen LogP contribution < -0.4 is 0 Å². The molecule has 0 aromatic heterocycles. The molecule has 0 heterocycles. The number of carbonyl (C=O) groups is 3. The van der Waals surface area contributed by atoms with Crippen LogP contribution in [0.4, 0.5) is 0 Å². The summed E-state index contributed by atoms with van der Waals surface area (Å²) in [6.07, 6.45) is 59.2. The van der Waals surface area contributed by atoms with Crippen LogP contribution in [0.1, 0.15) is 245 Å². The maximum Gasteiger partial charge on any atom is 0.306 e. The Morgan fingerprint density at radius 2 is 0.700 bits per heavy atom. The van der Waals surface area contributed by atoms with E-state index in [2.05, 4.69) is 81.5 Å². The maximum absolute atomic E-state index is 12.8. The molecule has 0 N–H and O–H groups in total. The third-order valence-corrected chi connectivity index (χ3v) is 10.8. The number of hydrogen-bond acceptors (Lipinski definition) is 6. The third kappa shape index (κ3) is 46.2. The minimum absolute atomic E-state index is 0.0910. The van der Waals surface area contributed by atoms with Gasteiger partial charge in [-0.05, 0) is 77.0 Å². The van der Waals surface area contributed by atoms with E-state index in [-0.39, 0.29) is 31.1 Å². The summed E-state index contributed by atoms with van der Waals surface area (Å²) in [5.74, 6) is -0.938. The number of allylic oxidation sites excluding steroid dienone is 10. The van der Waals surface area contributed by atoms with Crippen molar-refractivity contribution < 1.29 is 28.6 Å². The summed E-state index contributed by atoms with van der Waals surface area (Å²) >= 11 is 0. The van der Waals surface area contributed by atoms with Gasteiger partial charge in [0.2, 0.25) is 0 Å². The number of hydrogen-bond donors (Lipinski definition) is 0. The van der Waals surface area contributed by atoms with Crippen molar-refractivity contribution in [3.05, 3.63) is 60.8 Å². The zero-order valence-corrected chi connectivity index (χ0v) is 39.5. The van der Waals surface area contributed by atoms with Crippen molar-refractivity contribution in [2.45, 2.75) is 252 Å². The van der Waals surface area contributed by atoms with Crippen LogP contribution in [0.5, 0.6) is 0 Å². The van der Waals surface area contributed by atoms with Crippen LogP contribution in [0.2, 0.25) is 0 Å². The van der Waals surface area contributed by atoms with Crippen molar-refractivity contribution in [1.82, 2.24) is 0 Å². The van der Waals surface area contributed by atoms with E-state index >= 15 is 0 Å². The van der Waals surface area contributed by atoms with E-state index in [0.29, 0.717) is 19.3 Å². The van der Waals surface area contributed by atoms with Gasteiger partial charge in [-0.25, -0.2) is 0 Å². The molecule has 0 spiro atoms. The Morgan fingerprint density at radius 1 is 0.367 bits per heavy atom. The lowest BCUT2D eigenvalue weighted by Crippen LogP contribution is -2.30. The highest BCUT2D eigenvalue weighted by Crippen LogP contribution is 2.15. The zero-order valence-electron chi connectivity index (χ0n) is 39.5. The summed E-state index contributed by atoms with van der Waals surface area (Å²) in [5, 5.41) is 0. The SMILES string of the molecule is CC/C=C\C/C=C\C/C=C\CCCCC(=O)OCC(COC(=O)CCCCCCCC/C=C\C=C/CCCCC)OC(=O)CCCCCCCCCCCCCCCCC. The highest BCUT2D eigenvalue weighted by Gasteiger charge is 2.19. The van der Waals surface area contributed by atoms with E-state index in [9.17, 15) is 14.4 Å². The molecule has 0 rings (SSSR count). The van der Waals surface area contributed by atoms with Gasteiger partial charge in [-0.2, -0.15) is 0 Å². The van der Waals surface area contributed by atoms with Gasteiger partial charge in [0.1, 0.15) is 13.2 Å². The summed E-state index contributed by atoms with van der Waals surface area (Å²) in [7, 11) is 0. The van der Waals surface area contributed by atoms with E-state index in [1.807, 2.05) is 0 Å². The van der Waals surface area contributed by atoms with E-state index in [4.69, 9.17) is 14.2 Å². The van der Waals surface area contributed by atoms with E-state index in [1.54, 1.807) is 0 Å². The van der Waals surface area contributed by atoms with Crippen molar-refractivity contribution in [3.8, 4) is 0 Å². The summed E-state index contributed by atoms with van der Waals surface area (Å²) in [6.45, 7) is 6.45. The van der Waals surface area contributed by atoms with Crippen molar-refractivity contribution in [3.63, 3.8) is 0 Å². The molecule has 0 saturated heterocycles. The smallest absolute Gasteiger partial charge is 0.306 e. The van der Waals surface area contributed by atoms with Crippen LogP contribution in [-0.2, 0) is 28.6 Å². The molecule has 60 heavy (non-hydrogen) atoms. The minimum Gasteiger partial charge on any atom is -0.462 e. The van der Waals surface area contributed by atoms with Crippen molar-refractivity contribution in [2.24, 2.45) is 0 Å². The van der Waals surface area contributed by atoms with Crippen LogP contribution >= 0.6 is 0 Å². The first kappa shape index (κ1) is 57.1. The first-order chi connectivity index (χ1) is 29.5. The second kappa shape index (κ2) is 48.8. The quantitative estimate of drug-likeness (QED) is 0.0200. The topological polar surface area (TPSA) is 78.9 Å². The van der Waals surface area contributed by atoms with Gasteiger partial charge in [0, 0.05) is 19.3 Å². The van der Waals surface area contributed by atoms with E-state index in [0.717, 1.165) is 83.5 Å². The average molecular weight is 839 g/mol. The van der Waals surface area contributed by atoms with Gasteiger partial charge in [0.05, 0.1) is 0 Å². The second-order valence-corrected chi connectivity index (χ2v) is 16.7. The molecule has 346 valence electrons. The van der Waals surface area contributed by atoms with Crippen molar-refractivity contribution in [2.75, 3.05) is 13.2 Å². The molecule has 0 aliphatic rings. The van der Waals surface area contributed by atoms with Crippen LogP contribution in [0, 0.1) is 0 Å². The molecule has 0 bridgehead atoms. The van der Waals surface area contributed by atoms with E-state index < -0.39 is 6.10 Å². The molecule has 0 amide bonds. The second-order valence-electron chi connectivity index (χ2n) is 16.7. The molecular weight excluding hydrogens is 745 g/mol. The summed E-state index contributed by atoms with van der Waals surface area (Å²) < 4.78 is 16.7. The van der Waals surface area contributed by atoms with Crippen LogP contribution in [0.15, 0.2) is 60.8 Å². The molecule has 0 radical (unpaired) electrons. The number of ether oxygens (including phenoxy) is 3. The van der Waals surface area contributed by atoms with Gasteiger partial charge >= 0.3 is 17.9 Å². The average Bonchev–Trinajstić information content (AvgIpc) is 3.24. The Hall–Kier alpha value is -2.89. The molecule has 0 aromatic carbocycles. The largest absolute Gasteiger partial charge is 0.462 e. The zero-order chi connectivity index (χ0) is 43.7. The van der Waals surface area contributed by atoms with Gasteiger partial charge in [0.25, 0.3) is 0 Å². The Morgan fingerprint density at radius 3 is 1.18 bits per heavy atom. The summed E-state index contributed by atoms with van der Waals surface area (Å²) in [4.78, 5) is 37.9. The van der Waals surface area contributed by atoms with Gasteiger partial charge in [-0.3, -0.25) is 14.4 Å². The Labute approximate surface area is 370 Å². The van der Waals surface area contributed by atoms with Gasteiger partial charge in [0.15, 0.2) is 6.10 Å². The molecule has 0 aliphatic heterocycles. The van der Waals surface area contributed by atoms with Gasteiger partial charge < -0.3 is 14.2 Å². The first-order valence-corrected chi connectivity index (χ1v) is 25.3. The highest BCUT2D eigenvalue weighted by atomic mass is 16.6. The summed E-state index contributed by atoms with van der Waals surface area (Å²) in [5.41, 5.74) is 0. The Bertz CT molecular complexity index is 1100. The monoisotopic (exact) mass is 839 g/mol. The fourth-order valence-electron chi connectivity index (χ4n) is 6.98. The third-order valence-electron chi connectivity index (χ3n) is 10.8. The highest BCUT2D eigenvalue weighted by molar-refractivity contribution is 5.71. The lowest BCUT2D eigenvalue weighted by atomic mass is 10.0.